The summed E-state index contributed by atoms with van der Waals surface area (Å²) in [6, 6.07) is 6.10. The van der Waals surface area contributed by atoms with Gasteiger partial charge in [-0.25, -0.2) is 0 Å². The fourth-order valence-corrected chi connectivity index (χ4v) is 4.05. The number of rotatable bonds is 5. The molecule has 0 radical (unpaired) electrons. The minimum Gasteiger partial charge on any atom is -0.481 e. The molecule has 6 nitrogen and oxygen atoms in total. The zero-order valence-electron chi connectivity index (χ0n) is 14.4. The van der Waals surface area contributed by atoms with Crippen molar-refractivity contribution in [1.29, 1.82) is 0 Å². The predicted octanol–water partition coefficient (Wildman–Crippen LogP) is 2.30. The molecule has 3 aliphatic rings. The second-order valence-electron chi connectivity index (χ2n) is 7.26. The summed E-state index contributed by atoms with van der Waals surface area (Å²) in [4.78, 5) is 13.4. The molecule has 6 heteroatoms. The Kier molecular flexibility index (Phi) is 4.81. The van der Waals surface area contributed by atoms with Crippen LogP contribution in [0.15, 0.2) is 18.2 Å². The van der Waals surface area contributed by atoms with E-state index < -0.39 is 5.97 Å². The predicted molar refractivity (Wildman–Crippen MR) is 91.0 cm³/mol. The van der Waals surface area contributed by atoms with Crippen molar-refractivity contribution in [2.24, 2.45) is 5.92 Å². The molecule has 1 aromatic rings. The summed E-state index contributed by atoms with van der Waals surface area (Å²) in [6.07, 6.45) is 5.07. The second-order valence-corrected chi connectivity index (χ2v) is 7.26. The lowest BCUT2D eigenvalue weighted by molar-refractivity contribution is -0.143. The third-order valence-corrected chi connectivity index (χ3v) is 5.49. The van der Waals surface area contributed by atoms with Gasteiger partial charge in [0.05, 0.1) is 18.1 Å². The van der Waals surface area contributed by atoms with Gasteiger partial charge in [-0.15, -0.1) is 0 Å². The quantitative estimate of drug-likeness (QED) is 0.881. The number of hydrogen-bond acceptors (Lipinski definition) is 5. The number of carboxylic acid groups (broad SMARTS) is 1. The first-order chi connectivity index (χ1) is 12.2. The summed E-state index contributed by atoms with van der Waals surface area (Å²) in [5.41, 5.74) is 1.22. The molecule has 2 fully saturated rings. The van der Waals surface area contributed by atoms with E-state index in [1.165, 1.54) is 5.56 Å². The van der Waals surface area contributed by atoms with Gasteiger partial charge in [0, 0.05) is 6.54 Å². The standard InChI is InChI=1S/C19H25NO5/c21-19(22)14-5-7-20(8-6-14)11-16-3-2-15(25-16)9-13-1-4-17-18(10-13)24-12-23-17/h1,4,10,14-16H,2-3,5-9,11-12H2,(H,21,22)/t15-,16+/m0/s1. The Bertz CT molecular complexity index is 626. The second kappa shape index (κ2) is 7.22. The molecule has 4 rings (SSSR count). The van der Waals surface area contributed by atoms with E-state index in [2.05, 4.69) is 17.0 Å². The van der Waals surface area contributed by atoms with Gasteiger partial charge in [0.1, 0.15) is 0 Å². The van der Waals surface area contributed by atoms with Gasteiger partial charge in [0.15, 0.2) is 11.5 Å². The Morgan fingerprint density at radius 1 is 1.08 bits per heavy atom. The van der Waals surface area contributed by atoms with Crippen molar-refractivity contribution in [2.75, 3.05) is 26.4 Å². The first kappa shape index (κ1) is 16.7. The zero-order chi connectivity index (χ0) is 17.2. The van der Waals surface area contributed by atoms with Crippen LogP contribution in [-0.2, 0) is 16.0 Å². The topological polar surface area (TPSA) is 68.2 Å². The monoisotopic (exact) mass is 347 g/mol. The van der Waals surface area contributed by atoms with Crippen LogP contribution in [-0.4, -0.2) is 54.6 Å². The SMILES string of the molecule is O=C(O)C1CCN(C[C@H]2CC[C@@H](Cc3ccc4c(c3)OCO4)O2)CC1. The van der Waals surface area contributed by atoms with E-state index in [9.17, 15) is 4.79 Å². The molecule has 1 aromatic carbocycles. The van der Waals surface area contributed by atoms with Crippen molar-refractivity contribution in [1.82, 2.24) is 4.90 Å². The van der Waals surface area contributed by atoms with Gasteiger partial charge in [-0.3, -0.25) is 4.79 Å². The maximum atomic E-state index is 11.0. The van der Waals surface area contributed by atoms with Crippen LogP contribution in [0.25, 0.3) is 0 Å². The molecule has 2 atom stereocenters. The summed E-state index contributed by atoms with van der Waals surface area (Å²) in [5.74, 6) is 0.826. The molecule has 0 bridgehead atoms. The number of nitrogens with zero attached hydrogens (tertiary/aromatic N) is 1. The molecule has 2 saturated heterocycles. The lowest BCUT2D eigenvalue weighted by Crippen LogP contribution is -2.40. The number of hydrogen-bond donors (Lipinski definition) is 1. The van der Waals surface area contributed by atoms with Crippen LogP contribution >= 0.6 is 0 Å². The maximum absolute atomic E-state index is 11.0. The summed E-state index contributed by atoms with van der Waals surface area (Å²) in [6.45, 7) is 2.96. The largest absolute Gasteiger partial charge is 0.481 e. The minimum absolute atomic E-state index is 0.167. The van der Waals surface area contributed by atoms with E-state index in [4.69, 9.17) is 19.3 Å². The van der Waals surface area contributed by atoms with Gasteiger partial charge in [-0.2, -0.15) is 0 Å². The Balaban J connectivity index is 1.24. The lowest BCUT2D eigenvalue weighted by Gasteiger charge is -2.31. The highest BCUT2D eigenvalue weighted by Crippen LogP contribution is 2.34. The Morgan fingerprint density at radius 2 is 1.84 bits per heavy atom. The van der Waals surface area contributed by atoms with Gasteiger partial charge in [0.2, 0.25) is 6.79 Å². The Labute approximate surface area is 147 Å². The van der Waals surface area contributed by atoms with E-state index in [-0.39, 0.29) is 18.1 Å². The molecule has 0 spiro atoms. The third kappa shape index (κ3) is 3.90. The van der Waals surface area contributed by atoms with Crippen LogP contribution in [0.5, 0.6) is 11.5 Å². The minimum atomic E-state index is -0.652. The molecule has 0 amide bonds. The molecular formula is C19H25NO5. The van der Waals surface area contributed by atoms with Crippen LogP contribution < -0.4 is 9.47 Å². The van der Waals surface area contributed by atoms with Crippen LogP contribution in [0.2, 0.25) is 0 Å². The van der Waals surface area contributed by atoms with E-state index in [0.29, 0.717) is 6.79 Å². The highest BCUT2D eigenvalue weighted by Gasteiger charge is 2.30. The third-order valence-electron chi connectivity index (χ3n) is 5.49. The van der Waals surface area contributed by atoms with Gasteiger partial charge in [-0.1, -0.05) is 6.07 Å². The van der Waals surface area contributed by atoms with Crippen LogP contribution in [0.4, 0.5) is 0 Å². The van der Waals surface area contributed by atoms with E-state index >= 15 is 0 Å². The molecule has 3 heterocycles. The molecule has 0 unspecified atom stereocenters. The number of carboxylic acids is 1. The Morgan fingerprint density at radius 3 is 2.64 bits per heavy atom. The van der Waals surface area contributed by atoms with Crippen molar-refractivity contribution >= 4 is 5.97 Å². The van der Waals surface area contributed by atoms with E-state index in [0.717, 1.165) is 63.2 Å². The van der Waals surface area contributed by atoms with E-state index in [1.807, 2.05) is 6.07 Å². The van der Waals surface area contributed by atoms with Crippen LogP contribution in [0.3, 0.4) is 0 Å². The average molecular weight is 347 g/mol. The van der Waals surface area contributed by atoms with Crippen molar-refractivity contribution in [3.63, 3.8) is 0 Å². The maximum Gasteiger partial charge on any atom is 0.306 e. The fraction of sp³-hybridized carbons (Fsp3) is 0.632. The normalized spacial score (nSPS) is 26.9. The first-order valence-corrected chi connectivity index (χ1v) is 9.16. The summed E-state index contributed by atoms with van der Waals surface area (Å²) in [5, 5.41) is 9.08. The highest BCUT2D eigenvalue weighted by molar-refractivity contribution is 5.70. The number of piperidine rings is 1. The summed E-state index contributed by atoms with van der Waals surface area (Å²) in [7, 11) is 0. The molecule has 0 aromatic heterocycles. The molecule has 0 saturated carbocycles. The summed E-state index contributed by atoms with van der Waals surface area (Å²) < 4.78 is 17.0. The van der Waals surface area contributed by atoms with Gasteiger partial charge >= 0.3 is 5.97 Å². The van der Waals surface area contributed by atoms with Crippen LogP contribution in [0, 0.1) is 5.92 Å². The number of ether oxygens (including phenoxy) is 3. The first-order valence-electron chi connectivity index (χ1n) is 9.16. The smallest absolute Gasteiger partial charge is 0.306 e. The number of likely N-dealkylation sites (tertiary alicyclic amines) is 1. The van der Waals surface area contributed by atoms with Gasteiger partial charge in [-0.05, 0) is 62.9 Å². The molecule has 25 heavy (non-hydrogen) atoms. The number of aliphatic carboxylic acids is 1. The molecular weight excluding hydrogens is 322 g/mol. The van der Waals surface area contributed by atoms with Crippen LogP contribution in [0.1, 0.15) is 31.2 Å². The molecule has 136 valence electrons. The average Bonchev–Trinajstić information content (AvgIpc) is 3.24. The van der Waals surface area contributed by atoms with Gasteiger partial charge in [0.25, 0.3) is 0 Å². The lowest BCUT2D eigenvalue weighted by atomic mass is 9.97. The molecule has 3 aliphatic heterocycles. The van der Waals surface area contributed by atoms with Crippen molar-refractivity contribution in [2.45, 2.75) is 44.3 Å². The highest BCUT2D eigenvalue weighted by atomic mass is 16.7. The Hall–Kier alpha value is -1.79. The van der Waals surface area contributed by atoms with Crippen molar-refractivity contribution in [3.8, 4) is 11.5 Å². The van der Waals surface area contributed by atoms with Crippen molar-refractivity contribution in [3.05, 3.63) is 23.8 Å². The molecule has 1 N–H and O–H groups in total. The zero-order valence-corrected chi connectivity index (χ0v) is 14.4. The summed E-state index contributed by atoms with van der Waals surface area (Å²) >= 11 is 0. The van der Waals surface area contributed by atoms with E-state index in [1.54, 1.807) is 0 Å². The molecule has 0 aliphatic carbocycles. The number of fused-ring (bicyclic) bond motifs is 1. The number of benzene rings is 1. The van der Waals surface area contributed by atoms with Crippen molar-refractivity contribution < 1.29 is 24.1 Å². The fourth-order valence-electron chi connectivity index (χ4n) is 4.05. The number of carbonyl (C=O) groups is 1. The van der Waals surface area contributed by atoms with Gasteiger partial charge < -0.3 is 24.2 Å².